The summed E-state index contributed by atoms with van der Waals surface area (Å²) in [5.74, 6) is 0.139. The maximum absolute atomic E-state index is 16.6. The highest BCUT2D eigenvalue weighted by Crippen LogP contribution is 2.49. The van der Waals surface area contributed by atoms with Crippen LogP contribution in [0.15, 0.2) is 42.5 Å². The average Bonchev–Trinajstić information content (AvgIpc) is 3.68. The Hall–Kier alpha value is -2.62. The second kappa shape index (κ2) is 10.7. The van der Waals surface area contributed by atoms with E-state index in [1.807, 2.05) is 33.8 Å². The van der Waals surface area contributed by atoms with Crippen LogP contribution in [-0.4, -0.2) is 41.2 Å². The van der Waals surface area contributed by atoms with Gasteiger partial charge in [-0.25, -0.2) is 4.39 Å². The number of nitrogens with zero attached hydrogens (tertiary/aromatic N) is 1. The monoisotopic (exact) mass is 643 g/mol. The van der Waals surface area contributed by atoms with Gasteiger partial charge in [0.15, 0.2) is 0 Å². The van der Waals surface area contributed by atoms with E-state index in [0.717, 1.165) is 45.3 Å². The lowest BCUT2D eigenvalue weighted by atomic mass is 9.77. The number of benzene rings is 2. The maximum Gasteiger partial charge on any atom is 0.495 e. The van der Waals surface area contributed by atoms with Crippen LogP contribution in [0.1, 0.15) is 97.2 Å². The largest absolute Gasteiger partial charge is 0.495 e. The van der Waals surface area contributed by atoms with Gasteiger partial charge in [-0.1, -0.05) is 32.4 Å². The molecular weight excluding hydrogens is 599 g/mol. The Balaban J connectivity index is 1.41. The Labute approximate surface area is 276 Å². The third-order valence-electron chi connectivity index (χ3n) is 10.7. The number of aryl methyl sites for hydroxylation is 2. The zero-order valence-electron chi connectivity index (χ0n) is 28.7. The van der Waals surface area contributed by atoms with Gasteiger partial charge in [-0.05, 0) is 115 Å². The summed E-state index contributed by atoms with van der Waals surface area (Å²) in [6.07, 6.45) is 2.32. The van der Waals surface area contributed by atoms with Gasteiger partial charge in [0, 0.05) is 10.3 Å². The lowest BCUT2D eigenvalue weighted by Gasteiger charge is -2.32. The summed E-state index contributed by atoms with van der Waals surface area (Å²) >= 11 is 1.75. The molecule has 0 spiro atoms. The van der Waals surface area contributed by atoms with Gasteiger partial charge in [-0.15, -0.1) is 11.3 Å². The summed E-state index contributed by atoms with van der Waals surface area (Å²) < 4.78 is 51.1. The van der Waals surface area contributed by atoms with E-state index in [2.05, 4.69) is 76.4 Å². The van der Waals surface area contributed by atoms with Crippen LogP contribution in [0.2, 0.25) is 0 Å². The van der Waals surface area contributed by atoms with Gasteiger partial charge < -0.3 is 23.4 Å². The van der Waals surface area contributed by atoms with E-state index in [0.29, 0.717) is 23.2 Å². The zero-order chi connectivity index (χ0) is 33.0. The second-order valence-corrected chi connectivity index (χ2v) is 16.1. The first-order chi connectivity index (χ1) is 21.6. The van der Waals surface area contributed by atoms with Crippen molar-refractivity contribution in [2.45, 2.75) is 117 Å². The molecule has 6 nitrogen and oxygen atoms in total. The number of hydrogen-bond donors (Lipinski definition) is 0. The minimum absolute atomic E-state index is 0.358. The highest BCUT2D eigenvalue weighted by molar-refractivity contribution is 7.12. The molecule has 0 bridgehead atoms. The summed E-state index contributed by atoms with van der Waals surface area (Å²) in [6.45, 7) is 20.6. The van der Waals surface area contributed by atoms with E-state index in [9.17, 15) is 0 Å². The van der Waals surface area contributed by atoms with Crippen molar-refractivity contribution in [3.63, 3.8) is 0 Å². The zero-order valence-corrected chi connectivity index (χ0v) is 29.5. The molecule has 1 atom stereocenters. The van der Waals surface area contributed by atoms with Crippen LogP contribution in [0, 0.1) is 5.82 Å². The van der Waals surface area contributed by atoms with Gasteiger partial charge in [0.1, 0.15) is 11.6 Å². The van der Waals surface area contributed by atoms with Crippen LogP contribution in [0.5, 0.6) is 5.75 Å². The molecule has 2 aromatic heterocycles. The normalized spacial score (nSPS) is 22.3. The van der Waals surface area contributed by atoms with Gasteiger partial charge in [0.25, 0.3) is 0 Å². The lowest BCUT2D eigenvalue weighted by Crippen LogP contribution is -2.41. The van der Waals surface area contributed by atoms with Gasteiger partial charge in [-0.2, -0.15) is 0 Å². The molecule has 2 fully saturated rings. The first-order valence-electron chi connectivity index (χ1n) is 16.5. The van der Waals surface area contributed by atoms with E-state index in [1.54, 1.807) is 17.4 Å². The fraction of sp³-hybridized carbons (Fsp3) is 0.500. The van der Waals surface area contributed by atoms with E-state index >= 15 is 4.39 Å². The van der Waals surface area contributed by atoms with Crippen molar-refractivity contribution < 1.29 is 27.7 Å². The topological polar surface area (TPSA) is 51.1 Å². The standard InChI is InChI=1S/C36H44B2FNO5S/c1-11-13-23-15-17-29(46-23)32-40-27-16-14-21(37-42-33(3,4)34(5,6)43-37)18-25(27)24(12-2)31(40)30-26(39)19-22(20-28(30)41-32)38-44-35(7,8)36(9,10)45-38/h14-20,32H,11-13H2,1-10H3. The molecule has 3 aliphatic heterocycles. The molecule has 2 saturated heterocycles. The highest BCUT2D eigenvalue weighted by Gasteiger charge is 2.53. The van der Waals surface area contributed by atoms with Gasteiger partial charge in [0.2, 0.25) is 6.23 Å². The van der Waals surface area contributed by atoms with Crippen molar-refractivity contribution in [2.24, 2.45) is 0 Å². The number of aromatic nitrogens is 1. The fourth-order valence-corrected chi connectivity index (χ4v) is 7.84. The van der Waals surface area contributed by atoms with Crippen molar-refractivity contribution in [1.82, 2.24) is 4.57 Å². The summed E-state index contributed by atoms with van der Waals surface area (Å²) in [6, 6.07) is 14.1. The Morgan fingerprint density at radius 3 is 1.98 bits per heavy atom. The molecule has 1 unspecified atom stereocenters. The molecule has 10 heteroatoms. The number of thiophene rings is 1. The van der Waals surface area contributed by atoms with E-state index in [1.165, 1.54) is 4.88 Å². The Kier molecular flexibility index (Phi) is 7.43. The third kappa shape index (κ3) is 4.81. The van der Waals surface area contributed by atoms with Crippen LogP contribution < -0.4 is 15.7 Å². The first-order valence-corrected chi connectivity index (χ1v) is 17.4. The Morgan fingerprint density at radius 2 is 1.39 bits per heavy atom. The van der Waals surface area contributed by atoms with Crippen LogP contribution in [-0.2, 0) is 31.5 Å². The van der Waals surface area contributed by atoms with E-state index in [-0.39, 0.29) is 5.82 Å². The predicted molar refractivity (Wildman–Crippen MR) is 185 cm³/mol. The summed E-state index contributed by atoms with van der Waals surface area (Å²) in [5.41, 5.74) is 2.92. The molecule has 2 aromatic carbocycles. The number of fused-ring (bicyclic) bond motifs is 5. The maximum atomic E-state index is 16.6. The average molecular weight is 643 g/mol. The summed E-state index contributed by atoms with van der Waals surface area (Å²) in [5, 5.41) is 1.05. The summed E-state index contributed by atoms with van der Waals surface area (Å²) in [7, 11) is -1.20. The molecule has 46 heavy (non-hydrogen) atoms. The van der Waals surface area contributed by atoms with Crippen LogP contribution in [0.25, 0.3) is 22.2 Å². The van der Waals surface area contributed by atoms with Gasteiger partial charge >= 0.3 is 14.2 Å². The summed E-state index contributed by atoms with van der Waals surface area (Å²) in [4.78, 5) is 2.38. The van der Waals surface area contributed by atoms with Crippen LogP contribution >= 0.6 is 11.3 Å². The number of rotatable bonds is 6. The second-order valence-electron chi connectivity index (χ2n) is 14.9. The number of hydrogen-bond acceptors (Lipinski definition) is 6. The molecule has 3 aliphatic rings. The minimum Gasteiger partial charge on any atom is -0.464 e. The molecular formula is C36H44B2FNO5S. The lowest BCUT2D eigenvalue weighted by molar-refractivity contribution is 0.00578. The first kappa shape index (κ1) is 32.0. The minimum atomic E-state index is -0.703. The van der Waals surface area contributed by atoms with Crippen molar-refractivity contribution in [1.29, 1.82) is 0 Å². The van der Waals surface area contributed by atoms with Crippen molar-refractivity contribution >= 4 is 47.4 Å². The molecule has 5 heterocycles. The Morgan fingerprint density at radius 1 is 0.783 bits per heavy atom. The van der Waals surface area contributed by atoms with E-state index in [4.69, 9.17) is 23.4 Å². The predicted octanol–water partition coefficient (Wildman–Crippen LogP) is 7.56. The smallest absolute Gasteiger partial charge is 0.464 e. The van der Waals surface area contributed by atoms with Crippen molar-refractivity contribution in [3.8, 4) is 17.0 Å². The van der Waals surface area contributed by atoms with E-state index < -0.39 is 42.9 Å². The van der Waals surface area contributed by atoms with Gasteiger partial charge in [-0.3, -0.25) is 4.57 Å². The fourth-order valence-electron chi connectivity index (χ4n) is 6.70. The molecule has 0 radical (unpaired) electrons. The molecule has 242 valence electrons. The third-order valence-corrected chi connectivity index (χ3v) is 11.9. The van der Waals surface area contributed by atoms with Crippen molar-refractivity contribution in [2.75, 3.05) is 0 Å². The van der Waals surface area contributed by atoms with Crippen LogP contribution in [0.4, 0.5) is 4.39 Å². The van der Waals surface area contributed by atoms with Crippen LogP contribution in [0.3, 0.4) is 0 Å². The highest BCUT2D eigenvalue weighted by atomic mass is 32.1. The van der Waals surface area contributed by atoms with Crippen molar-refractivity contribution in [3.05, 3.63) is 63.6 Å². The quantitative estimate of drug-likeness (QED) is 0.203. The molecule has 0 saturated carbocycles. The van der Waals surface area contributed by atoms with Gasteiger partial charge in [0.05, 0.1) is 44.1 Å². The number of ether oxygens (including phenoxy) is 1. The SMILES string of the molecule is CCCc1ccc(C2Oc3cc(B4OC(C)(C)C(C)(C)O4)cc(F)c3-c3c(CC)c4cc(B5OC(C)(C)C(C)(C)O5)ccc4n32)s1. The Bertz CT molecular complexity index is 1810. The molecule has 0 amide bonds. The molecule has 0 N–H and O–H groups in total. The molecule has 4 aromatic rings. The molecule has 7 rings (SSSR count). The number of halogens is 1. The molecule has 0 aliphatic carbocycles.